The molecule has 2 rings (SSSR count). The number of hydrogen-bond acceptors (Lipinski definition) is 4. The van der Waals surface area contributed by atoms with Crippen LogP contribution in [0.5, 0.6) is 5.75 Å². The first-order valence-corrected chi connectivity index (χ1v) is 7.40. The molecule has 25 heavy (non-hydrogen) atoms. The number of carbonyl (C=O) groups excluding carboxylic acids is 1. The summed E-state index contributed by atoms with van der Waals surface area (Å²) < 4.78 is 36.6. The minimum atomic E-state index is -0.759. The Labute approximate surface area is 142 Å². The van der Waals surface area contributed by atoms with E-state index in [1.807, 2.05) is 0 Å². The number of nitrogens with zero attached hydrogens (tertiary/aromatic N) is 1. The van der Waals surface area contributed by atoms with Gasteiger partial charge in [0, 0.05) is 13.1 Å². The smallest absolute Gasteiger partial charge is 0.284 e. The molecular formula is C16H18F2N4O3. The molecule has 4 N–H and O–H groups in total. The SMILES string of the molecule is CN=C(NCCOc1ccc(F)cc1F)NCc1ccc(C(N)=O)o1. The third-order valence-corrected chi connectivity index (χ3v) is 3.10. The Bertz CT molecular complexity index is 762. The fourth-order valence-electron chi connectivity index (χ4n) is 1.92. The fraction of sp³-hybridized carbons (Fsp3) is 0.250. The highest BCUT2D eigenvalue weighted by Crippen LogP contribution is 2.17. The maximum atomic E-state index is 13.4. The van der Waals surface area contributed by atoms with Gasteiger partial charge >= 0.3 is 0 Å². The second-order valence-corrected chi connectivity index (χ2v) is 4.91. The molecule has 1 amide bonds. The van der Waals surface area contributed by atoms with Gasteiger partial charge < -0.3 is 25.5 Å². The monoisotopic (exact) mass is 352 g/mol. The summed E-state index contributed by atoms with van der Waals surface area (Å²) in [7, 11) is 1.58. The predicted octanol–water partition coefficient (Wildman–Crippen LogP) is 1.40. The minimum absolute atomic E-state index is 0.0271. The van der Waals surface area contributed by atoms with Crippen molar-refractivity contribution in [3.05, 3.63) is 53.5 Å². The first kappa shape index (κ1) is 18.2. The molecule has 0 saturated heterocycles. The molecule has 0 bridgehead atoms. The molecule has 7 nitrogen and oxygen atoms in total. The zero-order valence-corrected chi connectivity index (χ0v) is 13.5. The topological polar surface area (TPSA) is 102 Å². The molecule has 134 valence electrons. The van der Waals surface area contributed by atoms with E-state index in [0.29, 0.717) is 24.8 Å². The lowest BCUT2D eigenvalue weighted by Crippen LogP contribution is -2.38. The van der Waals surface area contributed by atoms with Gasteiger partial charge in [-0.1, -0.05) is 0 Å². The van der Waals surface area contributed by atoms with Gasteiger partial charge in [-0.2, -0.15) is 0 Å². The third kappa shape index (κ3) is 5.48. The Morgan fingerprint density at radius 2 is 2.08 bits per heavy atom. The number of primary amides is 1. The Morgan fingerprint density at radius 3 is 2.72 bits per heavy atom. The highest BCUT2D eigenvalue weighted by molar-refractivity contribution is 5.89. The van der Waals surface area contributed by atoms with Crippen LogP contribution in [0.15, 0.2) is 39.7 Å². The maximum absolute atomic E-state index is 13.4. The second kappa shape index (κ2) is 8.67. The number of carbonyl (C=O) groups is 1. The van der Waals surface area contributed by atoms with Gasteiger partial charge in [0.1, 0.15) is 18.2 Å². The van der Waals surface area contributed by atoms with Crippen LogP contribution >= 0.6 is 0 Å². The van der Waals surface area contributed by atoms with Crippen molar-refractivity contribution in [1.29, 1.82) is 0 Å². The van der Waals surface area contributed by atoms with Crippen molar-refractivity contribution < 1.29 is 22.7 Å². The van der Waals surface area contributed by atoms with Crippen LogP contribution in [0.1, 0.15) is 16.3 Å². The Morgan fingerprint density at radius 1 is 1.28 bits per heavy atom. The number of furan rings is 1. The summed E-state index contributed by atoms with van der Waals surface area (Å²) in [4.78, 5) is 15.0. The van der Waals surface area contributed by atoms with Gasteiger partial charge in [0.2, 0.25) is 0 Å². The van der Waals surface area contributed by atoms with Crippen molar-refractivity contribution in [3.63, 3.8) is 0 Å². The van der Waals surface area contributed by atoms with Gasteiger partial charge in [0.05, 0.1) is 13.1 Å². The summed E-state index contributed by atoms with van der Waals surface area (Å²) in [6.45, 7) is 0.775. The van der Waals surface area contributed by atoms with E-state index < -0.39 is 17.5 Å². The van der Waals surface area contributed by atoms with Crippen molar-refractivity contribution in [2.75, 3.05) is 20.2 Å². The molecule has 0 saturated carbocycles. The van der Waals surface area contributed by atoms with E-state index >= 15 is 0 Å². The van der Waals surface area contributed by atoms with Crippen LogP contribution in [-0.2, 0) is 6.54 Å². The normalized spacial score (nSPS) is 11.2. The molecule has 0 unspecified atom stereocenters. The molecule has 0 fully saturated rings. The summed E-state index contributed by atoms with van der Waals surface area (Å²) in [5, 5.41) is 5.92. The van der Waals surface area contributed by atoms with E-state index in [1.165, 1.54) is 12.1 Å². The molecule has 2 aromatic rings. The fourth-order valence-corrected chi connectivity index (χ4v) is 1.92. The Kier molecular flexibility index (Phi) is 6.33. The Balaban J connectivity index is 1.73. The first-order chi connectivity index (χ1) is 12.0. The van der Waals surface area contributed by atoms with E-state index in [-0.39, 0.29) is 18.1 Å². The van der Waals surface area contributed by atoms with Crippen molar-refractivity contribution in [1.82, 2.24) is 10.6 Å². The number of aliphatic imine (C=N–C) groups is 1. The third-order valence-electron chi connectivity index (χ3n) is 3.10. The Hall–Kier alpha value is -3.10. The lowest BCUT2D eigenvalue weighted by atomic mass is 10.3. The first-order valence-electron chi connectivity index (χ1n) is 7.40. The number of rotatable bonds is 7. The van der Waals surface area contributed by atoms with Crippen LogP contribution < -0.4 is 21.1 Å². The lowest BCUT2D eigenvalue weighted by molar-refractivity contribution is 0.0972. The number of amides is 1. The van der Waals surface area contributed by atoms with Crippen LogP contribution in [0.4, 0.5) is 8.78 Å². The minimum Gasteiger partial charge on any atom is -0.489 e. The van der Waals surface area contributed by atoms with E-state index in [2.05, 4.69) is 15.6 Å². The largest absolute Gasteiger partial charge is 0.489 e. The molecule has 0 aliphatic rings. The van der Waals surface area contributed by atoms with Crippen LogP contribution in [0.3, 0.4) is 0 Å². The highest BCUT2D eigenvalue weighted by Gasteiger charge is 2.08. The zero-order valence-electron chi connectivity index (χ0n) is 13.5. The quantitative estimate of drug-likeness (QED) is 0.397. The van der Waals surface area contributed by atoms with Crippen molar-refractivity contribution in [2.24, 2.45) is 10.7 Å². The number of hydrogen-bond donors (Lipinski definition) is 3. The molecule has 0 atom stereocenters. The molecule has 9 heteroatoms. The summed E-state index contributed by atoms with van der Waals surface area (Å²) in [5.41, 5.74) is 5.11. The average Bonchev–Trinajstić information content (AvgIpc) is 3.05. The highest BCUT2D eigenvalue weighted by atomic mass is 19.1. The van der Waals surface area contributed by atoms with Gasteiger partial charge in [-0.25, -0.2) is 8.78 Å². The van der Waals surface area contributed by atoms with Crippen LogP contribution in [0.25, 0.3) is 0 Å². The number of benzene rings is 1. The van der Waals surface area contributed by atoms with Crippen LogP contribution in [0.2, 0.25) is 0 Å². The van der Waals surface area contributed by atoms with Gasteiger partial charge in [0.15, 0.2) is 23.3 Å². The molecule has 0 aliphatic heterocycles. The van der Waals surface area contributed by atoms with Crippen LogP contribution in [-0.4, -0.2) is 32.1 Å². The van der Waals surface area contributed by atoms with E-state index in [4.69, 9.17) is 14.9 Å². The zero-order chi connectivity index (χ0) is 18.2. The standard InChI is InChI=1S/C16H18F2N4O3/c1-20-16(22-9-11-3-5-14(25-11)15(19)23)21-6-7-24-13-4-2-10(17)8-12(13)18/h2-5,8H,6-7,9H2,1H3,(H2,19,23)(H2,20,21,22). The molecule has 1 aromatic carbocycles. The predicted molar refractivity (Wildman–Crippen MR) is 87.3 cm³/mol. The summed E-state index contributed by atoms with van der Waals surface area (Å²) in [6.07, 6.45) is 0. The lowest BCUT2D eigenvalue weighted by Gasteiger charge is -2.12. The number of guanidine groups is 1. The van der Waals surface area contributed by atoms with E-state index in [0.717, 1.165) is 12.1 Å². The van der Waals surface area contributed by atoms with E-state index in [9.17, 15) is 13.6 Å². The summed E-state index contributed by atoms with van der Waals surface area (Å²) >= 11 is 0. The summed E-state index contributed by atoms with van der Waals surface area (Å²) in [5.74, 6) is -1.04. The van der Waals surface area contributed by atoms with Gasteiger partial charge in [-0.3, -0.25) is 9.79 Å². The summed E-state index contributed by atoms with van der Waals surface area (Å²) in [6, 6.07) is 6.22. The molecule has 0 spiro atoms. The average molecular weight is 352 g/mol. The number of ether oxygens (including phenoxy) is 1. The number of nitrogens with one attached hydrogen (secondary N) is 2. The van der Waals surface area contributed by atoms with Gasteiger partial charge in [-0.15, -0.1) is 0 Å². The van der Waals surface area contributed by atoms with Gasteiger partial charge in [-0.05, 0) is 24.3 Å². The van der Waals surface area contributed by atoms with Crippen molar-refractivity contribution in [2.45, 2.75) is 6.54 Å². The maximum Gasteiger partial charge on any atom is 0.284 e. The van der Waals surface area contributed by atoms with Gasteiger partial charge in [0.25, 0.3) is 5.91 Å². The van der Waals surface area contributed by atoms with Crippen LogP contribution in [0, 0.1) is 11.6 Å². The molecule has 1 heterocycles. The van der Waals surface area contributed by atoms with Crippen molar-refractivity contribution >= 4 is 11.9 Å². The number of halogens is 2. The molecule has 0 aliphatic carbocycles. The second-order valence-electron chi connectivity index (χ2n) is 4.91. The molecule has 1 aromatic heterocycles. The van der Waals surface area contributed by atoms with Crippen molar-refractivity contribution in [3.8, 4) is 5.75 Å². The molecule has 0 radical (unpaired) electrons. The molecular weight excluding hydrogens is 334 g/mol. The van der Waals surface area contributed by atoms with E-state index in [1.54, 1.807) is 13.1 Å². The number of nitrogens with two attached hydrogens (primary N) is 1.